The smallest absolute Gasteiger partial charge is 0.211 e. The highest BCUT2D eigenvalue weighted by molar-refractivity contribution is 7.90. The van der Waals surface area contributed by atoms with E-state index in [0.717, 1.165) is 6.07 Å². The lowest BCUT2D eigenvalue weighted by molar-refractivity contribution is 0.539. The fourth-order valence-electron chi connectivity index (χ4n) is 1.96. The molecule has 0 saturated heterocycles. The highest BCUT2D eigenvalue weighted by Crippen LogP contribution is 2.22. The van der Waals surface area contributed by atoms with E-state index >= 15 is 0 Å². The van der Waals surface area contributed by atoms with Gasteiger partial charge in [0.25, 0.3) is 0 Å². The molecule has 1 aromatic heterocycles. The Kier molecular flexibility index (Phi) is 3.13. The van der Waals surface area contributed by atoms with Gasteiger partial charge in [0.1, 0.15) is 17.1 Å². The molecule has 2 aromatic carbocycles. The van der Waals surface area contributed by atoms with Crippen LogP contribution in [-0.2, 0) is 15.6 Å². The van der Waals surface area contributed by atoms with E-state index in [1.165, 1.54) is 18.2 Å². The molecule has 0 aliphatic heterocycles. The first-order chi connectivity index (χ1) is 9.94. The molecule has 108 valence electrons. The monoisotopic (exact) mass is 306 g/mol. The molecule has 3 aromatic rings. The number of hydrogen-bond acceptors (Lipinski definition) is 5. The second kappa shape index (κ2) is 4.85. The number of hydrogen-bond donors (Lipinski definition) is 1. The normalized spacial score (nSPS) is 11.9. The molecule has 0 radical (unpaired) electrons. The zero-order valence-corrected chi connectivity index (χ0v) is 11.6. The van der Waals surface area contributed by atoms with Crippen LogP contribution in [0.25, 0.3) is 11.1 Å². The van der Waals surface area contributed by atoms with Gasteiger partial charge in [0, 0.05) is 5.69 Å². The van der Waals surface area contributed by atoms with Crippen LogP contribution in [0.2, 0.25) is 0 Å². The highest BCUT2D eigenvalue weighted by atomic mass is 32.2. The summed E-state index contributed by atoms with van der Waals surface area (Å²) in [7, 11) is -3.72. The summed E-state index contributed by atoms with van der Waals surface area (Å²) in [4.78, 5) is 3.98. The molecule has 5 nitrogen and oxygen atoms in total. The number of aromatic nitrogens is 1. The van der Waals surface area contributed by atoms with Crippen LogP contribution in [0.15, 0.2) is 51.8 Å². The maximum Gasteiger partial charge on any atom is 0.211 e. The van der Waals surface area contributed by atoms with Gasteiger partial charge in [-0.05, 0) is 36.4 Å². The van der Waals surface area contributed by atoms with E-state index in [1.807, 2.05) is 0 Å². The van der Waals surface area contributed by atoms with Crippen LogP contribution in [0, 0.1) is 5.82 Å². The third kappa shape index (κ3) is 2.73. The van der Waals surface area contributed by atoms with E-state index in [4.69, 9.17) is 10.2 Å². The van der Waals surface area contributed by atoms with Crippen LogP contribution in [0.5, 0.6) is 0 Å². The number of nitrogen functional groups attached to an aromatic ring is 1. The summed E-state index contributed by atoms with van der Waals surface area (Å²) in [5.74, 6) is -1.01. The first-order valence-corrected chi connectivity index (χ1v) is 7.72. The SMILES string of the molecule is Nc1ccc2oc(CS(=O)(=O)c3cccc(F)c3)nc2c1. The molecule has 0 fully saturated rings. The van der Waals surface area contributed by atoms with Gasteiger partial charge in [-0.25, -0.2) is 17.8 Å². The van der Waals surface area contributed by atoms with Crippen molar-refractivity contribution in [1.29, 1.82) is 0 Å². The van der Waals surface area contributed by atoms with E-state index in [2.05, 4.69) is 4.98 Å². The molecule has 0 amide bonds. The average Bonchev–Trinajstić information content (AvgIpc) is 2.79. The van der Waals surface area contributed by atoms with Crippen LogP contribution in [0.3, 0.4) is 0 Å². The zero-order valence-electron chi connectivity index (χ0n) is 10.8. The number of anilines is 1. The number of sulfone groups is 1. The van der Waals surface area contributed by atoms with Gasteiger partial charge in [-0.15, -0.1) is 0 Å². The lowest BCUT2D eigenvalue weighted by Crippen LogP contribution is -2.05. The summed E-state index contributed by atoms with van der Waals surface area (Å²) in [6, 6.07) is 9.68. The Hall–Kier alpha value is -2.41. The van der Waals surface area contributed by atoms with Crippen LogP contribution < -0.4 is 5.73 Å². The van der Waals surface area contributed by atoms with Crippen molar-refractivity contribution >= 4 is 26.6 Å². The van der Waals surface area contributed by atoms with Crippen molar-refractivity contribution in [2.75, 3.05) is 5.73 Å². The molecule has 3 rings (SSSR count). The van der Waals surface area contributed by atoms with Gasteiger partial charge in [0.05, 0.1) is 4.90 Å². The van der Waals surface area contributed by atoms with E-state index in [-0.39, 0.29) is 10.8 Å². The molecule has 0 atom stereocenters. The zero-order chi connectivity index (χ0) is 15.0. The molecule has 0 saturated carbocycles. The molecule has 0 spiro atoms. The minimum atomic E-state index is -3.72. The Labute approximate surface area is 120 Å². The first-order valence-electron chi connectivity index (χ1n) is 6.07. The van der Waals surface area contributed by atoms with Crippen molar-refractivity contribution in [2.45, 2.75) is 10.6 Å². The molecule has 0 unspecified atom stereocenters. The first kappa shape index (κ1) is 13.6. The molecular formula is C14H11FN2O3S. The van der Waals surface area contributed by atoms with Crippen molar-refractivity contribution < 1.29 is 17.2 Å². The topological polar surface area (TPSA) is 86.2 Å². The number of nitrogens with zero attached hydrogens (tertiary/aromatic N) is 1. The molecule has 7 heteroatoms. The van der Waals surface area contributed by atoms with E-state index < -0.39 is 21.4 Å². The largest absolute Gasteiger partial charge is 0.440 e. The summed E-state index contributed by atoms with van der Waals surface area (Å²) < 4.78 is 42.9. The Bertz CT molecular complexity index is 919. The summed E-state index contributed by atoms with van der Waals surface area (Å²) in [5.41, 5.74) is 7.07. The average molecular weight is 306 g/mol. The number of fused-ring (bicyclic) bond motifs is 1. The minimum absolute atomic E-state index is 0.0415. The van der Waals surface area contributed by atoms with Gasteiger partial charge in [0.2, 0.25) is 5.89 Å². The minimum Gasteiger partial charge on any atom is -0.440 e. The van der Waals surface area contributed by atoms with Crippen molar-refractivity contribution in [2.24, 2.45) is 0 Å². The van der Waals surface area contributed by atoms with Crippen molar-refractivity contribution in [3.05, 3.63) is 54.2 Å². The summed E-state index contributed by atoms with van der Waals surface area (Å²) in [6.07, 6.45) is 0. The van der Waals surface area contributed by atoms with Crippen molar-refractivity contribution in [1.82, 2.24) is 4.98 Å². The van der Waals surface area contributed by atoms with Gasteiger partial charge < -0.3 is 10.2 Å². The third-order valence-corrected chi connectivity index (χ3v) is 4.52. The fraction of sp³-hybridized carbons (Fsp3) is 0.0714. The Morgan fingerprint density at radius 1 is 1.19 bits per heavy atom. The van der Waals surface area contributed by atoms with E-state index in [1.54, 1.807) is 18.2 Å². The van der Waals surface area contributed by atoms with Crippen LogP contribution in [0.4, 0.5) is 10.1 Å². The van der Waals surface area contributed by atoms with Gasteiger partial charge in [0.15, 0.2) is 15.4 Å². The van der Waals surface area contributed by atoms with Gasteiger partial charge in [-0.3, -0.25) is 0 Å². The summed E-state index contributed by atoms with van der Waals surface area (Å²) in [5, 5.41) is 0. The number of nitrogens with two attached hydrogens (primary N) is 1. The van der Waals surface area contributed by atoms with E-state index in [0.29, 0.717) is 16.8 Å². The molecular weight excluding hydrogens is 295 g/mol. The molecule has 21 heavy (non-hydrogen) atoms. The second-order valence-corrected chi connectivity index (χ2v) is 6.54. The quantitative estimate of drug-likeness (QED) is 0.751. The van der Waals surface area contributed by atoms with Crippen LogP contribution in [0.1, 0.15) is 5.89 Å². The molecule has 0 aliphatic rings. The maximum atomic E-state index is 13.1. The number of benzene rings is 2. The molecule has 1 heterocycles. The Balaban J connectivity index is 1.97. The van der Waals surface area contributed by atoms with E-state index in [9.17, 15) is 12.8 Å². The van der Waals surface area contributed by atoms with Gasteiger partial charge in [-0.2, -0.15) is 0 Å². The van der Waals surface area contributed by atoms with Crippen molar-refractivity contribution in [3.63, 3.8) is 0 Å². The Morgan fingerprint density at radius 3 is 2.76 bits per heavy atom. The second-order valence-electron chi connectivity index (χ2n) is 4.55. The van der Waals surface area contributed by atoms with Gasteiger partial charge >= 0.3 is 0 Å². The van der Waals surface area contributed by atoms with Crippen molar-refractivity contribution in [3.8, 4) is 0 Å². The lowest BCUT2D eigenvalue weighted by Gasteiger charge is -2.01. The number of halogens is 1. The fourth-order valence-corrected chi connectivity index (χ4v) is 3.15. The maximum absolute atomic E-state index is 13.1. The summed E-state index contributed by atoms with van der Waals surface area (Å²) in [6.45, 7) is 0. The molecule has 2 N–H and O–H groups in total. The third-order valence-electron chi connectivity index (χ3n) is 2.92. The molecule has 0 bridgehead atoms. The molecule has 0 aliphatic carbocycles. The highest BCUT2D eigenvalue weighted by Gasteiger charge is 2.19. The standard InChI is InChI=1S/C14H11FN2O3S/c15-9-2-1-3-11(6-9)21(18,19)8-14-17-12-7-10(16)4-5-13(12)20-14/h1-7H,8,16H2. The summed E-state index contributed by atoms with van der Waals surface area (Å²) >= 11 is 0. The predicted molar refractivity (Wildman–Crippen MR) is 75.7 cm³/mol. The van der Waals surface area contributed by atoms with Gasteiger partial charge in [-0.1, -0.05) is 6.07 Å². The lowest BCUT2D eigenvalue weighted by atomic mass is 10.3. The Morgan fingerprint density at radius 2 is 2.00 bits per heavy atom. The van der Waals surface area contributed by atoms with Crippen LogP contribution >= 0.6 is 0 Å². The number of oxazole rings is 1. The predicted octanol–water partition coefficient (Wildman–Crippen LogP) is 2.52. The number of rotatable bonds is 3. The van der Waals surface area contributed by atoms with Crippen LogP contribution in [-0.4, -0.2) is 13.4 Å².